The van der Waals surface area contributed by atoms with Gasteiger partial charge in [-0.1, -0.05) is 30.7 Å². The van der Waals surface area contributed by atoms with Gasteiger partial charge in [0.25, 0.3) is 0 Å². The van der Waals surface area contributed by atoms with Crippen LogP contribution in [0.25, 0.3) is 0 Å². The van der Waals surface area contributed by atoms with Crippen LogP contribution in [-0.2, 0) is 0 Å². The van der Waals surface area contributed by atoms with Crippen LogP contribution in [0.1, 0.15) is 51.4 Å². The van der Waals surface area contributed by atoms with Gasteiger partial charge in [-0.05, 0) is 43.7 Å². The maximum Gasteiger partial charge on any atom is 0.209 e. The van der Waals surface area contributed by atoms with Crippen LogP contribution in [-0.4, -0.2) is 15.8 Å². The number of ketones is 1. The van der Waals surface area contributed by atoms with E-state index in [9.17, 15) is 4.79 Å². The van der Waals surface area contributed by atoms with Crippen LogP contribution in [0.5, 0.6) is 0 Å². The quantitative estimate of drug-likeness (QED) is 0.714. The number of hydrogen-bond acceptors (Lipinski definition) is 3. The largest absolute Gasteiger partial charge is 0.397 e. The highest BCUT2D eigenvalue weighted by Crippen LogP contribution is 2.23. The van der Waals surface area contributed by atoms with Gasteiger partial charge in [0.1, 0.15) is 0 Å². The number of nitrogens with two attached hydrogens (primary N) is 1. The highest BCUT2D eigenvalue weighted by Gasteiger charge is 2.17. The molecule has 2 aromatic heterocycles. The third-order valence-electron chi connectivity index (χ3n) is 4.30. The lowest BCUT2D eigenvalue weighted by atomic mass is 10.0. The van der Waals surface area contributed by atoms with Gasteiger partial charge in [-0.3, -0.25) is 9.78 Å². The van der Waals surface area contributed by atoms with Crippen LogP contribution < -0.4 is 5.73 Å². The van der Waals surface area contributed by atoms with Crippen molar-refractivity contribution in [2.24, 2.45) is 0 Å². The third-order valence-corrected chi connectivity index (χ3v) is 4.30. The summed E-state index contributed by atoms with van der Waals surface area (Å²) in [6.45, 7) is 6.04. The van der Waals surface area contributed by atoms with Crippen molar-refractivity contribution >= 4 is 11.5 Å². The number of aromatic nitrogens is 2. The van der Waals surface area contributed by atoms with E-state index in [1.165, 1.54) is 0 Å². The Morgan fingerprint density at radius 1 is 1.12 bits per heavy atom. The fraction of sp³-hybridized carbons (Fsp3) is 0.200. The molecule has 1 atom stereocenters. The van der Waals surface area contributed by atoms with Crippen molar-refractivity contribution in [2.45, 2.75) is 26.7 Å². The summed E-state index contributed by atoms with van der Waals surface area (Å²) in [5, 5.41) is 0. The Hall–Kier alpha value is -2.88. The highest BCUT2D eigenvalue weighted by atomic mass is 16.1. The average Bonchev–Trinajstić information content (AvgIpc) is 3.04. The molecule has 0 amide bonds. The maximum atomic E-state index is 12.7. The first-order valence-electron chi connectivity index (χ1n) is 7.98. The lowest BCUT2D eigenvalue weighted by Gasteiger charge is -2.09. The molecule has 1 aromatic carbocycles. The van der Waals surface area contributed by atoms with E-state index in [-0.39, 0.29) is 11.7 Å². The average molecular weight is 319 g/mol. The van der Waals surface area contributed by atoms with E-state index in [4.69, 9.17) is 5.73 Å². The standard InChI is InChI=1S/C20H21N3O/c1-12-4-6-16(13(2)10-12)20(24)19-9-8-18(23-19)14(3)17-7-5-15(21)11-22-17/h4-11,14,23H,21H2,1-3H3. The number of pyridine rings is 1. The van der Waals surface area contributed by atoms with Crippen molar-refractivity contribution in [3.8, 4) is 0 Å². The number of nitrogens with zero attached hydrogens (tertiary/aromatic N) is 1. The first kappa shape index (κ1) is 16.0. The smallest absolute Gasteiger partial charge is 0.209 e. The molecule has 0 aliphatic heterocycles. The predicted octanol–water partition coefficient (Wildman–Crippen LogP) is 3.99. The fourth-order valence-electron chi connectivity index (χ4n) is 2.84. The van der Waals surface area contributed by atoms with Crippen molar-refractivity contribution in [3.05, 3.63) is 82.4 Å². The van der Waals surface area contributed by atoms with E-state index in [2.05, 4.69) is 16.9 Å². The Kier molecular flexibility index (Phi) is 4.21. The molecule has 0 saturated carbocycles. The van der Waals surface area contributed by atoms with Gasteiger partial charge in [-0.15, -0.1) is 0 Å². The molecule has 0 aliphatic rings. The first-order valence-corrected chi connectivity index (χ1v) is 7.98. The Labute approximate surface area is 141 Å². The first-order chi connectivity index (χ1) is 11.5. The topological polar surface area (TPSA) is 71.8 Å². The van der Waals surface area contributed by atoms with E-state index >= 15 is 0 Å². The van der Waals surface area contributed by atoms with Crippen LogP contribution in [0.4, 0.5) is 5.69 Å². The van der Waals surface area contributed by atoms with E-state index in [0.29, 0.717) is 11.4 Å². The number of benzene rings is 1. The zero-order valence-electron chi connectivity index (χ0n) is 14.1. The third kappa shape index (κ3) is 3.08. The van der Waals surface area contributed by atoms with Crippen LogP contribution in [0.15, 0.2) is 48.7 Å². The van der Waals surface area contributed by atoms with Gasteiger partial charge in [0.2, 0.25) is 5.78 Å². The van der Waals surface area contributed by atoms with E-state index in [1.807, 2.05) is 56.3 Å². The van der Waals surface area contributed by atoms with Gasteiger partial charge in [0.05, 0.1) is 17.6 Å². The Morgan fingerprint density at radius 2 is 1.92 bits per heavy atom. The molecule has 0 spiro atoms. The second-order valence-electron chi connectivity index (χ2n) is 6.21. The number of rotatable bonds is 4. The number of nitrogens with one attached hydrogen (secondary N) is 1. The Morgan fingerprint density at radius 3 is 2.58 bits per heavy atom. The summed E-state index contributed by atoms with van der Waals surface area (Å²) in [6.07, 6.45) is 1.65. The molecule has 0 radical (unpaired) electrons. The lowest BCUT2D eigenvalue weighted by molar-refractivity contribution is 0.103. The normalized spacial score (nSPS) is 12.1. The SMILES string of the molecule is Cc1ccc(C(=O)c2ccc(C(C)c3ccc(N)cn3)[nH]2)c(C)c1. The molecule has 0 aliphatic carbocycles. The fourth-order valence-corrected chi connectivity index (χ4v) is 2.84. The molecule has 3 N–H and O–H groups in total. The van der Waals surface area contributed by atoms with E-state index < -0.39 is 0 Å². The van der Waals surface area contributed by atoms with Gasteiger partial charge in [-0.25, -0.2) is 0 Å². The summed E-state index contributed by atoms with van der Waals surface area (Å²) in [6, 6.07) is 13.4. The summed E-state index contributed by atoms with van der Waals surface area (Å²) in [4.78, 5) is 20.3. The molecule has 2 heterocycles. The van der Waals surface area contributed by atoms with Crippen molar-refractivity contribution in [1.29, 1.82) is 0 Å². The number of nitrogen functional groups attached to an aromatic ring is 1. The van der Waals surface area contributed by atoms with Crippen LogP contribution in [0, 0.1) is 13.8 Å². The van der Waals surface area contributed by atoms with Crippen molar-refractivity contribution in [1.82, 2.24) is 9.97 Å². The second-order valence-corrected chi connectivity index (χ2v) is 6.21. The molecule has 122 valence electrons. The summed E-state index contributed by atoms with van der Waals surface area (Å²) < 4.78 is 0. The molecular formula is C20H21N3O. The number of aromatic amines is 1. The van der Waals surface area contributed by atoms with Crippen LogP contribution >= 0.6 is 0 Å². The summed E-state index contributed by atoms with van der Waals surface area (Å²) in [5.74, 6) is 0.0717. The number of anilines is 1. The molecule has 4 heteroatoms. The van der Waals surface area contributed by atoms with E-state index in [1.54, 1.807) is 6.20 Å². The predicted molar refractivity (Wildman–Crippen MR) is 96.3 cm³/mol. The number of hydrogen-bond donors (Lipinski definition) is 2. The minimum absolute atomic E-state index is 0.0104. The van der Waals surface area contributed by atoms with Crippen molar-refractivity contribution in [2.75, 3.05) is 5.73 Å². The number of carbonyl (C=O) groups excluding carboxylic acids is 1. The number of carbonyl (C=O) groups is 1. The molecule has 0 fully saturated rings. The van der Waals surface area contributed by atoms with Gasteiger partial charge in [-0.2, -0.15) is 0 Å². The molecular weight excluding hydrogens is 298 g/mol. The zero-order valence-corrected chi connectivity index (χ0v) is 14.1. The van der Waals surface area contributed by atoms with Gasteiger partial charge >= 0.3 is 0 Å². The molecule has 4 nitrogen and oxygen atoms in total. The van der Waals surface area contributed by atoms with Gasteiger partial charge in [0.15, 0.2) is 0 Å². The number of aryl methyl sites for hydroxylation is 2. The maximum absolute atomic E-state index is 12.7. The van der Waals surface area contributed by atoms with E-state index in [0.717, 1.165) is 28.1 Å². The monoisotopic (exact) mass is 319 g/mol. The Bertz CT molecular complexity index is 878. The Balaban J connectivity index is 1.87. The van der Waals surface area contributed by atoms with Crippen LogP contribution in [0.3, 0.4) is 0 Å². The minimum atomic E-state index is 0.0104. The van der Waals surface area contributed by atoms with Gasteiger partial charge in [0, 0.05) is 22.9 Å². The highest BCUT2D eigenvalue weighted by molar-refractivity contribution is 6.08. The second kappa shape index (κ2) is 6.32. The molecule has 24 heavy (non-hydrogen) atoms. The molecule has 1 unspecified atom stereocenters. The molecule has 0 saturated heterocycles. The molecule has 3 rings (SSSR count). The van der Waals surface area contributed by atoms with Crippen molar-refractivity contribution < 1.29 is 4.79 Å². The number of H-pyrrole nitrogens is 1. The summed E-state index contributed by atoms with van der Waals surface area (Å²) in [7, 11) is 0. The molecule has 0 bridgehead atoms. The lowest BCUT2D eigenvalue weighted by Crippen LogP contribution is -2.06. The molecule has 3 aromatic rings. The van der Waals surface area contributed by atoms with Crippen LogP contribution in [0.2, 0.25) is 0 Å². The summed E-state index contributed by atoms with van der Waals surface area (Å²) in [5.41, 5.74) is 11.7. The minimum Gasteiger partial charge on any atom is -0.397 e. The van der Waals surface area contributed by atoms with Gasteiger partial charge < -0.3 is 10.7 Å². The summed E-state index contributed by atoms with van der Waals surface area (Å²) >= 11 is 0. The van der Waals surface area contributed by atoms with Crippen molar-refractivity contribution in [3.63, 3.8) is 0 Å². The zero-order chi connectivity index (χ0) is 17.3.